The highest BCUT2D eigenvalue weighted by Crippen LogP contribution is 2.43. The quantitative estimate of drug-likeness (QED) is 0.632. The van der Waals surface area contributed by atoms with Crippen LogP contribution in [0.5, 0.6) is 5.75 Å². The Kier molecular flexibility index (Phi) is 6.23. The molecule has 6 heteroatoms. The van der Waals surface area contributed by atoms with Gasteiger partial charge in [-0.25, -0.2) is 0 Å². The lowest BCUT2D eigenvalue weighted by Gasteiger charge is -2.31. The van der Waals surface area contributed by atoms with Gasteiger partial charge < -0.3 is 19.6 Å². The van der Waals surface area contributed by atoms with Crippen LogP contribution in [0.1, 0.15) is 43.7 Å². The third kappa shape index (κ3) is 4.29. The van der Waals surface area contributed by atoms with E-state index in [1.165, 1.54) is 19.3 Å². The van der Waals surface area contributed by atoms with Crippen molar-refractivity contribution < 1.29 is 19.4 Å². The van der Waals surface area contributed by atoms with Gasteiger partial charge in [-0.1, -0.05) is 31.2 Å². The zero-order valence-electron chi connectivity index (χ0n) is 17.4. The Balaban J connectivity index is 1.58. The zero-order chi connectivity index (χ0) is 21.1. The molecule has 30 heavy (non-hydrogen) atoms. The summed E-state index contributed by atoms with van der Waals surface area (Å²) in [6.07, 6.45) is 6.96. The summed E-state index contributed by atoms with van der Waals surface area (Å²) in [5, 5.41) is 10.6. The van der Waals surface area contributed by atoms with E-state index in [1.807, 2.05) is 24.3 Å². The number of carbonyl (C=O) groups is 2. The summed E-state index contributed by atoms with van der Waals surface area (Å²) in [7, 11) is 0. The maximum atomic E-state index is 13.0. The maximum Gasteiger partial charge on any atom is 0.290 e. The van der Waals surface area contributed by atoms with E-state index >= 15 is 0 Å². The molecular weight excluding hydrogens is 380 g/mol. The van der Waals surface area contributed by atoms with Crippen molar-refractivity contribution in [2.24, 2.45) is 5.92 Å². The normalized spacial score (nSPS) is 22.5. The summed E-state index contributed by atoms with van der Waals surface area (Å²) in [6.45, 7) is 7.38. The lowest BCUT2D eigenvalue weighted by Crippen LogP contribution is -2.40. The number of hydrogen-bond acceptors (Lipinski definition) is 5. The minimum atomic E-state index is -0.538. The van der Waals surface area contributed by atoms with Crippen molar-refractivity contribution in [1.82, 2.24) is 9.80 Å². The molecule has 1 saturated heterocycles. The SMILES string of the molecule is C=CCOc1ccc(C2C(C(=O)C3CC3)=C(O)C(=O)N2CCN2CCCCC2)cc1. The summed E-state index contributed by atoms with van der Waals surface area (Å²) in [5.74, 6) is -0.255. The summed E-state index contributed by atoms with van der Waals surface area (Å²) < 4.78 is 5.56. The van der Waals surface area contributed by atoms with Crippen molar-refractivity contribution >= 4 is 11.7 Å². The van der Waals surface area contributed by atoms with Crippen molar-refractivity contribution in [2.45, 2.75) is 38.1 Å². The molecule has 3 aliphatic rings. The van der Waals surface area contributed by atoms with Crippen molar-refractivity contribution in [3.63, 3.8) is 0 Å². The number of Topliss-reactive ketones (excluding diaryl/α,β-unsaturated/α-hetero) is 1. The second-order valence-electron chi connectivity index (χ2n) is 8.37. The predicted octanol–water partition coefficient (Wildman–Crippen LogP) is 3.41. The van der Waals surface area contributed by atoms with Gasteiger partial charge in [0.1, 0.15) is 12.4 Å². The number of hydrogen-bond donors (Lipinski definition) is 1. The first-order valence-corrected chi connectivity index (χ1v) is 10.9. The van der Waals surface area contributed by atoms with Crippen LogP contribution in [0.3, 0.4) is 0 Å². The first-order valence-electron chi connectivity index (χ1n) is 10.9. The molecule has 1 unspecified atom stereocenters. The number of piperidine rings is 1. The van der Waals surface area contributed by atoms with E-state index in [4.69, 9.17) is 4.74 Å². The molecule has 0 aromatic heterocycles. The van der Waals surface area contributed by atoms with Crippen LogP contribution in [0.15, 0.2) is 48.3 Å². The van der Waals surface area contributed by atoms with E-state index in [9.17, 15) is 14.7 Å². The largest absolute Gasteiger partial charge is 0.503 e. The average Bonchev–Trinajstić information content (AvgIpc) is 3.59. The molecule has 1 N–H and O–H groups in total. The van der Waals surface area contributed by atoms with Crippen molar-refractivity contribution in [2.75, 3.05) is 32.8 Å². The zero-order valence-corrected chi connectivity index (χ0v) is 17.4. The Labute approximate surface area is 177 Å². The molecular formula is C24H30N2O4. The van der Waals surface area contributed by atoms with Gasteiger partial charge in [-0.3, -0.25) is 9.59 Å². The number of carbonyl (C=O) groups excluding carboxylic acids is 2. The van der Waals surface area contributed by atoms with E-state index in [2.05, 4.69) is 11.5 Å². The van der Waals surface area contributed by atoms with E-state index in [1.54, 1.807) is 11.0 Å². The Bertz CT molecular complexity index is 835. The molecule has 1 aliphatic carbocycles. The molecule has 0 radical (unpaired) electrons. The highest BCUT2D eigenvalue weighted by atomic mass is 16.5. The van der Waals surface area contributed by atoms with Gasteiger partial charge >= 0.3 is 0 Å². The smallest absolute Gasteiger partial charge is 0.290 e. The van der Waals surface area contributed by atoms with Crippen molar-refractivity contribution in [1.29, 1.82) is 0 Å². The van der Waals surface area contributed by atoms with Gasteiger partial charge in [-0.15, -0.1) is 0 Å². The van der Waals surface area contributed by atoms with Crippen LogP contribution < -0.4 is 4.74 Å². The lowest BCUT2D eigenvalue weighted by molar-refractivity contribution is -0.129. The highest BCUT2D eigenvalue weighted by molar-refractivity contribution is 6.10. The molecule has 1 atom stereocenters. The third-order valence-corrected chi connectivity index (χ3v) is 6.19. The van der Waals surface area contributed by atoms with Crippen LogP contribution in [0.4, 0.5) is 0 Å². The topological polar surface area (TPSA) is 70.1 Å². The van der Waals surface area contributed by atoms with Gasteiger partial charge in [0.2, 0.25) is 0 Å². The first-order chi connectivity index (χ1) is 14.6. The van der Waals surface area contributed by atoms with Crippen LogP contribution in [0.2, 0.25) is 0 Å². The van der Waals surface area contributed by atoms with E-state index < -0.39 is 11.9 Å². The number of likely N-dealkylation sites (tertiary alicyclic amines) is 1. The molecule has 2 heterocycles. The number of aliphatic hydroxyl groups is 1. The number of benzene rings is 1. The number of amides is 1. The lowest BCUT2D eigenvalue weighted by atomic mass is 9.94. The van der Waals surface area contributed by atoms with Crippen LogP contribution in [0.25, 0.3) is 0 Å². The molecule has 1 aromatic carbocycles. The molecule has 1 amide bonds. The molecule has 1 aromatic rings. The average molecular weight is 411 g/mol. The molecule has 160 valence electrons. The summed E-state index contributed by atoms with van der Waals surface area (Å²) in [6, 6.07) is 6.89. The van der Waals surface area contributed by atoms with Crippen LogP contribution in [-0.2, 0) is 9.59 Å². The van der Waals surface area contributed by atoms with Gasteiger partial charge in [0, 0.05) is 19.0 Å². The monoisotopic (exact) mass is 410 g/mol. The summed E-state index contributed by atoms with van der Waals surface area (Å²) in [5.41, 5.74) is 1.09. The third-order valence-electron chi connectivity index (χ3n) is 6.19. The number of rotatable bonds is 9. The van der Waals surface area contributed by atoms with Gasteiger partial charge in [0.25, 0.3) is 5.91 Å². The molecule has 1 saturated carbocycles. The standard InChI is InChI=1S/C24H30N2O4/c1-2-16-30-19-10-8-17(9-11-19)21-20(22(27)18-6-7-18)23(28)24(29)26(21)15-14-25-12-4-3-5-13-25/h2,8-11,18,21,28H,1,3-7,12-16H2. The Morgan fingerprint density at radius 3 is 2.47 bits per heavy atom. The minimum absolute atomic E-state index is 0.0605. The van der Waals surface area contributed by atoms with Crippen LogP contribution >= 0.6 is 0 Å². The molecule has 2 aliphatic heterocycles. The minimum Gasteiger partial charge on any atom is -0.503 e. The highest BCUT2D eigenvalue weighted by Gasteiger charge is 2.46. The fourth-order valence-corrected chi connectivity index (χ4v) is 4.38. The van der Waals surface area contributed by atoms with E-state index in [0.29, 0.717) is 18.9 Å². The molecule has 6 nitrogen and oxygen atoms in total. The molecule has 0 spiro atoms. The number of ether oxygens (including phenoxy) is 1. The molecule has 2 fully saturated rings. The maximum absolute atomic E-state index is 13.0. The molecule has 0 bridgehead atoms. The summed E-state index contributed by atoms with van der Waals surface area (Å²) >= 11 is 0. The van der Waals surface area contributed by atoms with Gasteiger partial charge in [-0.2, -0.15) is 0 Å². The number of aliphatic hydroxyl groups excluding tert-OH is 1. The van der Waals surface area contributed by atoms with Crippen molar-refractivity contribution in [3.05, 3.63) is 53.8 Å². The van der Waals surface area contributed by atoms with Gasteiger partial charge in [0.05, 0.1) is 11.6 Å². The number of ketones is 1. The Hall–Kier alpha value is -2.60. The first kappa shape index (κ1) is 20.7. The fourth-order valence-electron chi connectivity index (χ4n) is 4.38. The number of nitrogens with zero attached hydrogens (tertiary/aromatic N) is 2. The Morgan fingerprint density at radius 1 is 1.13 bits per heavy atom. The van der Waals surface area contributed by atoms with Crippen molar-refractivity contribution in [3.8, 4) is 5.75 Å². The van der Waals surface area contributed by atoms with Crippen LogP contribution in [0, 0.1) is 5.92 Å². The summed E-state index contributed by atoms with van der Waals surface area (Å²) in [4.78, 5) is 29.9. The van der Waals surface area contributed by atoms with E-state index in [-0.39, 0.29) is 23.0 Å². The van der Waals surface area contributed by atoms with Crippen LogP contribution in [-0.4, -0.2) is 59.4 Å². The van der Waals surface area contributed by atoms with Gasteiger partial charge in [-0.05, 0) is 56.5 Å². The Morgan fingerprint density at radius 2 is 1.83 bits per heavy atom. The second kappa shape index (κ2) is 9.04. The van der Waals surface area contributed by atoms with Gasteiger partial charge in [0.15, 0.2) is 11.5 Å². The predicted molar refractivity (Wildman–Crippen MR) is 114 cm³/mol. The second-order valence-corrected chi connectivity index (χ2v) is 8.37. The fraction of sp³-hybridized carbons (Fsp3) is 0.500. The van der Waals surface area contributed by atoms with E-state index in [0.717, 1.165) is 38.0 Å². The molecule has 4 rings (SSSR count).